The van der Waals surface area contributed by atoms with Crippen LogP contribution in [0.4, 0.5) is 5.69 Å². The van der Waals surface area contributed by atoms with E-state index >= 15 is 0 Å². The van der Waals surface area contributed by atoms with Crippen LogP contribution in [-0.4, -0.2) is 31.1 Å². The maximum absolute atomic E-state index is 11.3. The van der Waals surface area contributed by atoms with Gasteiger partial charge in [0.1, 0.15) is 6.04 Å². The van der Waals surface area contributed by atoms with Crippen LogP contribution in [0.2, 0.25) is 0 Å². The zero-order valence-electron chi connectivity index (χ0n) is 9.93. The Balaban J connectivity index is 2.68. The highest BCUT2D eigenvalue weighted by atomic mass is 16.5. The molecular weight excluding hydrogens is 204 g/mol. The standard InChI is InChI=1S/C12H18N2O2/c1-9(12(15)16-3)14(2)8-10-6-4-5-7-11(10)13/h4-7,9H,8,13H2,1-3H3. The van der Waals surface area contributed by atoms with Gasteiger partial charge >= 0.3 is 5.97 Å². The van der Waals surface area contributed by atoms with Crippen molar-refractivity contribution in [2.45, 2.75) is 19.5 Å². The number of anilines is 1. The number of ether oxygens (including phenoxy) is 1. The van der Waals surface area contributed by atoms with Crippen molar-refractivity contribution in [3.05, 3.63) is 29.8 Å². The summed E-state index contributed by atoms with van der Waals surface area (Å²) in [7, 11) is 3.26. The van der Waals surface area contributed by atoms with Gasteiger partial charge in [0.2, 0.25) is 0 Å². The SMILES string of the molecule is COC(=O)C(C)N(C)Cc1ccccc1N. The molecule has 4 nitrogen and oxygen atoms in total. The summed E-state index contributed by atoms with van der Waals surface area (Å²) in [5.74, 6) is -0.239. The minimum absolute atomic E-state index is 0.239. The van der Waals surface area contributed by atoms with Gasteiger partial charge in [0, 0.05) is 12.2 Å². The van der Waals surface area contributed by atoms with E-state index in [4.69, 9.17) is 5.73 Å². The van der Waals surface area contributed by atoms with Gasteiger partial charge in [-0.1, -0.05) is 18.2 Å². The van der Waals surface area contributed by atoms with E-state index in [-0.39, 0.29) is 12.0 Å². The molecule has 1 aromatic carbocycles. The van der Waals surface area contributed by atoms with E-state index in [0.29, 0.717) is 6.54 Å². The topological polar surface area (TPSA) is 55.6 Å². The molecule has 0 aromatic heterocycles. The van der Waals surface area contributed by atoms with Crippen LogP contribution < -0.4 is 5.73 Å². The number of nitrogen functional groups attached to an aromatic ring is 1. The van der Waals surface area contributed by atoms with E-state index < -0.39 is 0 Å². The largest absolute Gasteiger partial charge is 0.468 e. The first-order valence-electron chi connectivity index (χ1n) is 5.17. The summed E-state index contributed by atoms with van der Waals surface area (Å²) in [4.78, 5) is 13.2. The lowest BCUT2D eigenvalue weighted by Gasteiger charge is -2.23. The predicted octanol–water partition coefficient (Wildman–Crippen LogP) is 1.26. The monoisotopic (exact) mass is 222 g/mol. The lowest BCUT2D eigenvalue weighted by molar-refractivity contribution is -0.145. The Morgan fingerprint density at radius 2 is 2.12 bits per heavy atom. The summed E-state index contributed by atoms with van der Waals surface area (Å²) in [5, 5.41) is 0. The number of rotatable bonds is 4. The summed E-state index contributed by atoms with van der Waals surface area (Å²) >= 11 is 0. The number of nitrogens with zero attached hydrogens (tertiary/aromatic N) is 1. The summed E-state index contributed by atoms with van der Waals surface area (Å²) in [5.41, 5.74) is 7.59. The number of carbonyl (C=O) groups excluding carboxylic acids is 1. The summed E-state index contributed by atoms with van der Waals surface area (Å²) in [6, 6.07) is 7.36. The molecule has 1 unspecified atom stereocenters. The molecular formula is C12H18N2O2. The Morgan fingerprint density at radius 3 is 2.69 bits per heavy atom. The average molecular weight is 222 g/mol. The number of carbonyl (C=O) groups is 1. The molecule has 16 heavy (non-hydrogen) atoms. The molecule has 0 aliphatic rings. The number of para-hydroxylation sites is 1. The lowest BCUT2D eigenvalue weighted by Crippen LogP contribution is -2.36. The molecule has 88 valence electrons. The van der Waals surface area contributed by atoms with Crippen molar-refractivity contribution in [1.29, 1.82) is 0 Å². The second-order valence-corrected chi connectivity index (χ2v) is 3.81. The van der Waals surface area contributed by atoms with Crippen molar-refractivity contribution < 1.29 is 9.53 Å². The Hall–Kier alpha value is -1.55. The molecule has 0 radical (unpaired) electrons. The van der Waals surface area contributed by atoms with Crippen molar-refractivity contribution in [1.82, 2.24) is 4.90 Å². The van der Waals surface area contributed by atoms with Gasteiger partial charge < -0.3 is 10.5 Å². The fourth-order valence-corrected chi connectivity index (χ4v) is 1.43. The lowest BCUT2D eigenvalue weighted by atomic mass is 10.1. The van der Waals surface area contributed by atoms with Crippen LogP contribution in [0.15, 0.2) is 24.3 Å². The van der Waals surface area contributed by atoms with Gasteiger partial charge in [0.25, 0.3) is 0 Å². The normalized spacial score (nSPS) is 12.5. The van der Waals surface area contributed by atoms with E-state index in [2.05, 4.69) is 4.74 Å². The van der Waals surface area contributed by atoms with Crippen LogP contribution in [0, 0.1) is 0 Å². The Bertz CT molecular complexity index is 366. The predicted molar refractivity (Wildman–Crippen MR) is 63.8 cm³/mol. The number of benzene rings is 1. The average Bonchev–Trinajstić information content (AvgIpc) is 2.30. The zero-order chi connectivity index (χ0) is 12.1. The Morgan fingerprint density at radius 1 is 1.50 bits per heavy atom. The molecule has 0 spiro atoms. The molecule has 0 aliphatic carbocycles. The van der Waals surface area contributed by atoms with E-state index in [1.807, 2.05) is 43.1 Å². The fraction of sp³-hybridized carbons (Fsp3) is 0.417. The van der Waals surface area contributed by atoms with Crippen molar-refractivity contribution in [2.24, 2.45) is 0 Å². The number of hydrogen-bond donors (Lipinski definition) is 1. The van der Waals surface area contributed by atoms with Gasteiger partial charge in [0.05, 0.1) is 7.11 Å². The van der Waals surface area contributed by atoms with Crippen molar-refractivity contribution in [3.8, 4) is 0 Å². The Labute approximate surface area is 96.0 Å². The Kier molecular flexibility index (Phi) is 4.31. The highest BCUT2D eigenvalue weighted by Gasteiger charge is 2.18. The van der Waals surface area contributed by atoms with Crippen molar-refractivity contribution in [2.75, 3.05) is 19.9 Å². The first-order chi connectivity index (χ1) is 7.56. The molecule has 1 atom stereocenters. The molecule has 4 heteroatoms. The number of hydrogen-bond acceptors (Lipinski definition) is 4. The highest BCUT2D eigenvalue weighted by Crippen LogP contribution is 2.14. The fourth-order valence-electron chi connectivity index (χ4n) is 1.43. The second-order valence-electron chi connectivity index (χ2n) is 3.81. The molecule has 2 N–H and O–H groups in total. The van der Waals surface area contributed by atoms with Gasteiger partial charge in [-0.05, 0) is 25.6 Å². The quantitative estimate of drug-likeness (QED) is 0.615. The summed E-state index contributed by atoms with van der Waals surface area (Å²) < 4.78 is 4.69. The van der Waals surface area contributed by atoms with Gasteiger partial charge in [-0.2, -0.15) is 0 Å². The van der Waals surface area contributed by atoms with Crippen LogP contribution in [0.5, 0.6) is 0 Å². The maximum Gasteiger partial charge on any atom is 0.322 e. The van der Waals surface area contributed by atoms with Crippen LogP contribution in [0.25, 0.3) is 0 Å². The third-order valence-electron chi connectivity index (χ3n) is 2.68. The molecule has 1 rings (SSSR count). The van der Waals surface area contributed by atoms with Gasteiger partial charge in [-0.3, -0.25) is 9.69 Å². The first-order valence-corrected chi connectivity index (χ1v) is 5.17. The third kappa shape index (κ3) is 2.97. The summed E-state index contributed by atoms with van der Waals surface area (Å²) in [6.07, 6.45) is 0. The maximum atomic E-state index is 11.3. The number of likely N-dealkylation sites (N-methyl/N-ethyl adjacent to an activating group) is 1. The van der Waals surface area contributed by atoms with Gasteiger partial charge in [-0.15, -0.1) is 0 Å². The smallest absolute Gasteiger partial charge is 0.322 e. The van der Waals surface area contributed by atoms with Crippen molar-refractivity contribution >= 4 is 11.7 Å². The second kappa shape index (κ2) is 5.51. The van der Waals surface area contributed by atoms with E-state index in [1.54, 1.807) is 0 Å². The van der Waals surface area contributed by atoms with Gasteiger partial charge in [-0.25, -0.2) is 0 Å². The molecule has 0 saturated carbocycles. The summed E-state index contributed by atoms with van der Waals surface area (Å²) in [6.45, 7) is 2.44. The van der Waals surface area contributed by atoms with E-state index in [1.165, 1.54) is 7.11 Å². The highest BCUT2D eigenvalue weighted by molar-refractivity contribution is 5.75. The minimum atomic E-state index is -0.274. The number of nitrogens with two attached hydrogens (primary N) is 1. The third-order valence-corrected chi connectivity index (χ3v) is 2.68. The molecule has 0 heterocycles. The minimum Gasteiger partial charge on any atom is -0.468 e. The van der Waals surface area contributed by atoms with E-state index in [0.717, 1.165) is 11.3 Å². The molecule has 0 aliphatic heterocycles. The molecule has 0 fully saturated rings. The van der Waals surface area contributed by atoms with Crippen LogP contribution >= 0.6 is 0 Å². The molecule has 1 aromatic rings. The molecule has 0 saturated heterocycles. The van der Waals surface area contributed by atoms with Crippen LogP contribution in [-0.2, 0) is 16.1 Å². The van der Waals surface area contributed by atoms with Crippen LogP contribution in [0.1, 0.15) is 12.5 Å². The van der Waals surface area contributed by atoms with Crippen molar-refractivity contribution in [3.63, 3.8) is 0 Å². The van der Waals surface area contributed by atoms with Crippen LogP contribution in [0.3, 0.4) is 0 Å². The molecule has 0 bridgehead atoms. The van der Waals surface area contributed by atoms with Gasteiger partial charge in [0.15, 0.2) is 0 Å². The zero-order valence-corrected chi connectivity index (χ0v) is 9.93. The number of methoxy groups -OCH3 is 1. The van der Waals surface area contributed by atoms with E-state index in [9.17, 15) is 4.79 Å². The molecule has 0 amide bonds. The number of esters is 1. The first kappa shape index (κ1) is 12.5.